The van der Waals surface area contributed by atoms with Crippen LogP contribution in [0, 0.1) is 17.5 Å². The highest BCUT2D eigenvalue weighted by Gasteiger charge is 2.13. The number of anilines is 2. The van der Waals surface area contributed by atoms with E-state index in [9.17, 15) is 13.2 Å². The molecule has 2 aromatic rings. The number of para-hydroxylation sites is 1. The molecule has 0 saturated heterocycles. The van der Waals surface area contributed by atoms with E-state index in [4.69, 9.17) is 5.73 Å². The van der Waals surface area contributed by atoms with Crippen LogP contribution in [0.15, 0.2) is 36.4 Å². The number of nitrogens with two attached hydrogens (primary N) is 1. The second-order valence-electron chi connectivity index (χ2n) is 4.28. The molecule has 0 saturated carbocycles. The summed E-state index contributed by atoms with van der Waals surface area (Å²) in [5.41, 5.74) is 6.02. The van der Waals surface area contributed by atoms with Crippen LogP contribution in [0.2, 0.25) is 0 Å². The van der Waals surface area contributed by atoms with Gasteiger partial charge in [0.05, 0.1) is 5.69 Å². The zero-order valence-corrected chi connectivity index (χ0v) is 10.3. The van der Waals surface area contributed by atoms with E-state index in [0.29, 0.717) is 5.56 Å². The smallest absolute Gasteiger partial charge is 0.149 e. The highest BCUT2D eigenvalue weighted by atomic mass is 19.1. The van der Waals surface area contributed by atoms with Gasteiger partial charge in [0.2, 0.25) is 0 Å². The molecule has 0 radical (unpaired) electrons. The van der Waals surface area contributed by atoms with Crippen LogP contribution in [-0.2, 0) is 6.54 Å². The van der Waals surface area contributed by atoms with E-state index in [1.807, 2.05) is 0 Å². The van der Waals surface area contributed by atoms with Crippen molar-refractivity contribution < 1.29 is 13.2 Å². The monoisotopic (exact) mass is 266 g/mol. The molecule has 0 atom stereocenters. The van der Waals surface area contributed by atoms with Gasteiger partial charge >= 0.3 is 0 Å². The highest BCUT2D eigenvalue weighted by Crippen LogP contribution is 2.24. The minimum absolute atomic E-state index is 0.0138. The van der Waals surface area contributed by atoms with Crippen molar-refractivity contribution in [3.63, 3.8) is 0 Å². The van der Waals surface area contributed by atoms with E-state index < -0.39 is 17.5 Å². The van der Waals surface area contributed by atoms with Crippen LogP contribution in [0.1, 0.15) is 5.56 Å². The third kappa shape index (κ3) is 2.81. The van der Waals surface area contributed by atoms with Gasteiger partial charge in [0.1, 0.15) is 23.1 Å². The predicted molar refractivity (Wildman–Crippen MR) is 69.3 cm³/mol. The van der Waals surface area contributed by atoms with E-state index in [2.05, 4.69) is 0 Å². The summed E-state index contributed by atoms with van der Waals surface area (Å²) in [5.74, 6) is -1.79. The summed E-state index contributed by atoms with van der Waals surface area (Å²) in [6.07, 6.45) is 0. The topological polar surface area (TPSA) is 29.3 Å². The summed E-state index contributed by atoms with van der Waals surface area (Å²) in [4.78, 5) is 1.41. The first kappa shape index (κ1) is 13.3. The Balaban J connectivity index is 2.25. The van der Waals surface area contributed by atoms with Gasteiger partial charge in [-0.05, 0) is 29.8 Å². The summed E-state index contributed by atoms with van der Waals surface area (Å²) in [5, 5.41) is 0. The number of benzene rings is 2. The first-order valence-corrected chi connectivity index (χ1v) is 5.68. The van der Waals surface area contributed by atoms with Crippen molar-refractivity contribution in [2.45, 2.75) is 6.54 Å². The SMILES string of the molecule is CN(Cc1ccc(F)c(N)c1)c1c(F)cccc1F. The fourth-order valence-electron chi connectivity index (χ4n) is 1.90. The van der Waals surface area contributed by atoms with E-state index in [-0.39, 0.29) is 17.9 Å². The van der Waals surface area contributed by atoms with E-state index >= 15 is 0 Å². The molecule has 0 aliphatic heterocycles. The van der Waals surface area contributed by atoms with E-state index in [1.54, 1.807) is 7.05 Å². The van der Waals surface area contributed by atoms with Crippen molar-refractivity contribution in [1.29, 1.82) is 0 Å². The zero-order chi connectivity index (χ0) is 14.0. The fourth-order valence-corrected chi connectivity index (χ4v) is 1.90. The van der Waals surface area contributed by atoms with Crippen LogP contribution < -0.4 is 10.6 Å². The molecular weight excluding hydrogens is 253 g/mol. The van der Waals surface area contributed by atoms with E-state index in [0.717, 1.165) is 0 Å². The molecule has 0 aromatic heterocycles. The quantitative estimate of drug-likeness (QED) is 0.863. The van der Waals surface area contributed by atoms with Crippen molar-refractivity contribution in [2.24, 2.45) is 0 Å². The van der Waals surface area contributed by atoms with Gasteiger partial charge in [0, 0.05) is 13.6 Å². The molecule has 0 aliphatic rings. The Morgan fingerprint density at radius 3 is 2.21 bits per heavy atom. The summed E-state index contributed by atoms with van der Waals surface area (Å²) >= 11 is 0. The van der Waals surface area contributed by atoms with E-state index in [1.165, 1.54) is 41.3 Å². The molecule has 0 spiro atoms. The first-order chi connectivity index (χ1) is 8.99. The van der Waals surface area contributed by atoms with Crippen LogP contribution in [0.4, 0.5) is 24.5 Å². The van der Waals surface area contributed by atoms with Crippen molar-refractivity contribution >= 4 is 11.4 Å². The molecule has 0 aliphatic carbocycles. The third-order valence-corrected chi connectivity index (χ3v) is 2.80. The zero-order valence-electron chi connectivity index (χ0n) is 10.3. The van der Waals surface area contributed by atoms with Gasteiger partial charge in [-0.25, -0.2) is 13.2 Å². The molecule has 19 heavy (non-hydrogen) atoms. The lowest BCUT2D eigenvalue weighted by Crippen LogP contribution is -2.19. The van der Waals surface area contributed by atoms with Gasteiger partial charge in [-0.1, -0.05) is 12.1 Å². The van der Waals surface area contributed by atoms with Crippen LogP contribution in [0.5, 0.6) is 0 Å². The molecule has 100 valence electrons. The molecule has 2 N–H and O–H groups in total. The summed E-state index contributed by atoms with van der Waals surface area (Å²) in [6.45, 7) is 0.225. The Kier molecular flexibility index (Phi) is 3.64. The molecule has 0 heterocycles. The van der Waals surface area contributed by atoms with Gasteiger partial charge in [-0.3, -0.25) is 0 Å². The largest absolute Gasteiger partial charge is 0.396 e. The molecule has 2 nitrogen and oxygen atoms in total. The van der Waals surface area contributed by atoms with Crippen LogP contribution in [0.3, 0.4) is 0 Å². The van der Waals surface area contributed by atoms with Gasteiger partial charge < -0.3 is 10.6 Å². The van der Waals surface area contributed by atoms with Crippen molar-refractivity contribution in [3.05, 3.63) is 59.4 Å². The lowest BCUT2D eigenvalue weighted by atomic mass is 10.1. The Hall–Kier alpha value is -2.17. The average molecular weight is 266 g/mol. The maximum atomic E-state index is 13.6. The minimum Gasteiger partial charge on any atom is -0.396 e. The number of rotatable bonds is 3. The molecule has 0 unspecified atom stereocenters. The van der Waals surface area contributed by atoms with Gasteiger partial charge in [0.25, 0.3) is 0 Å². The lowest BCUT2D eigenvalue weighted by Gasteiger charge is -2.20. The molecule has 2 rings (SSSR count). The normalized spacial score (nSPS) is 10.5. The summed E-state index contributed by atoms with van der Waals surface area (Å²) in [7, 11) is 1.56. The van der Waals surface area contributed by atoms with Crippen LogP contribution in [0.25, 0.3) is 0 Å². The Morgan fingerprint density at radius 2 is 1.63 bits per heavy atom. The molecule has 0 amide bonds. The number of hydrogen-bond donors (Lipinski definition) is 1. The predicted octanol–water partition coefficient (Wildman–Crippen LogP) is 3.32. The second kappa shape index (κ2) is 5.22. The second-order valence-corrected chi connectivity index (χ2v) is 4.28. The maximum absolute atomic E-state index is 13.6. The van der Waals surface area contributed by atoms with Gasteiger partial charge in [0.15, 0.2) is 0 Å². The van der Waals surface area contributed by atoms with Crippen molar-refractivity contribution in [3.8, 4) is 0 Å². The minimum atomic E-state index is -0.641. The number of hydrogen-bond acceptors (Lipinski definition) is 2. The molecule has 5 heteroatoms. The van der Waals surface area contributed by atoms with Gasteiger partial charge in [-0.2, -0.15) is 0 Å². The molecule has 0 fully saturated rings. The number of nitrogen functional groups attached to an aromatic ring is 1. The Bertz CT molecular complexity index is 579. The van der Waals surface area contributed by atoms with Gasteiger partial charge in [-0.15, -0.1) is 0 Å². The third-order valence-electron chi connectivity index (χ3n) is 2.80. The number of nitrogens with zero attached hydrogens (tertiary/aromatic N) is 1. The summed E-state index contributed by atoms with van der Waals surface area (Å²) < 4.78 is 40.2. The lowest BCUT2D eigenvalue weighted by molar-refractivity contribution is 0.576. The number of halogens is 3. The summed E-state index contributed by atoms with van der Waals surface area (Å²) in [6, 6.07) is 7.89. The Labute approximate surface area is 109 Å². The van der Waals surface area contributed by atoms with Crippen molar-refractivity contribution in [2.75, 3.05) is 17.7 Å². The van der Waals surface area contributed by atoms with Crippen molar-refractivity contribution in [1.82, 2.24) is 0 Å². The molecule has 2 aromatic carbocycles. The van der Waals surface area contributed by atoms with Crippen LogP contribution >= 0.6 is 0 Å². The standard InChI is InChI=1S/C14H13F3N2/c1-19(14-11(16)3-2-4-12(14)17)8-9-5-6-10(15)13(18)7-9/h2-7H,8,18H2,1H3. The molecular formula is C14H13F3N2. The Morgan fingerprint density at radius 1 is 1.00 bits per heavy atom. The van der Waals surface area contributed by atoms with Crippen LogP contribution in [-0.4, -0.2) is 7.05 Å². The maximum Gasteiger partial charge on any atom is 0.149 e. The highest BCUT2D eigenvalue weighted by molar-refractivity contribution is 5.50. The first-order valence-electron chi connectivity index (χ1n) is 5.68. The molecule has 0 bridgehead atoms. The fraction of sp³-hybridized carbons (Fsp3) is 0.143. The average Bonchev–Trinajstić information content (AvgIpc) is 2.33.